The number of hydrogen-bond acceptors (Lipinski definition) is 5. The first-order chi connectivity index (χ1) is 12.8. The maximum absolute atomic E-state index is 12.4. The molecular weight excluding hydrogens is 348 g/mol. The molecule has 0 heterocycles. The second-order valence-corrected chi connectivity index (χ2v) is 8.58. The first-order valence-corrected chi connectivity index (χ1v) is 9.57. The van der Waals surface area contributed by atoms with Gasteiger partial charge in [-0.25, -0.2) is 4.79 Å². The van der Waals surface area contributed by atoms with Gasteiger partial charge in [-0.15, -0.1) is 0 Å². The molecule has 7 nitrogen and oxygen atoms in total. The Morgan fingerprint density at radius 2 is 1.78 bits per heavy atom. The Bertz CT molecular complexity index is 768. The van der Waals surface area contributed by atoms with Gasteiger partial charge in [-0.05, 0) is 75.3 Å². The summed E-state index contributed by atoms with van der Waals surface area (Å²) in [7, 11) is 0. The summed E-state index contributed by atoms with van der Waals surface area (Å²) in [5, 5.41) is 14.0. The molecule has 144 valence electrons. The van der Waals surface area contributed by atoms with E-state index < -0.39 is 10.9 Å². The van der Waals surface area contributed by atoms with E-state index in [9.17, 15) is 19.7 Å². The Morgan fingerprint density at radius 1 is 1.19 bits per heavy atom. The topological polar surface area (TPSA) is 98.5 Å². The predicted molar refractivity (Wildman–Crippen MR) is 97.2 cm³/mol. The third kappa shape index (κ3) is 3.55. The molecule has 0 aliphatic heterocycles. The standard InChI is InChI=1S/C20H24N2O5/c1-12-4-16(2-3-17(12)22(25)26)19(24)27-11-18(23)21-20-8-13-5-14(9-20)7-15(6-13)10-20/h2-4,13-15H,5-11H2,1H3,(H,21,23). The van der Waals surface area contributed by atoms with Gasteiger partial charge < -0.3 is 10.1 Å². The molecular formula is C20H24N2O5. The lowest BCUT2D eigenvalue weighted by Gasteiger charge is -2.56. The van der Waals surface area contributed by atoms with E-state index in [0.29, 0.717) is 5.56 Å². The minimum Gasteiger partial charge on any atom is -0.452 e. The number of esters is 1. The number of nitro benzene ring substituents is 1. The maximum atomic E-state index is 12.4. The fourth-order valence-corrected chi connectivity index (χ4v) is 5.80. The highest BCUT2D eigenvalue weighted by Crippen LogP contribution is 2.55. The molecule has 1 aromatic carbocycles. The number of nitrogens with zero attached hydrogens (tertiary/aromatic N) is 1. The molecule has 4 aliphatic rings. The van der Waals surface area contributed by atoms with Crippen LogP contribution in [0.1, 0.15) is 54.4 Å². The average Bonchev–Trinajstić information content (AvgIpc) is 2.57. The second kappa shape index (κ2) is 6.62. The van der Waals surface area contributed by atoms with Crippen LogP contribution in [0.2, 0.25) is 0 Å². The summed E-state index contributed by atoms with van der Waals surface area (Å²) in [4.78, 5) is 34.9. The maximum Gasteiger partial charge on any atom is 0.338 e. The number of benzene rings is 1. The van der Waals surface area contributed by atoms with Crippen LogP contribution in [0, 0.1) is 34.8 Å². The SMILES string of the molecule is Cc1cc(C(=O)OCC(=O)NC23CC4CC(CC(C4)C2)C3)ccc1[N+](=O)[O-]. The Hall–Kier alpha value is -2.44. The van der Waals surface area contributed by atoms with E-state index in [0.717, 1.165) is 37.0 Å². The van der Waals surface area contributed by atoms with Crippen molar-refractivity contribution in [1.82, 2.24) is 5.32 Å². The molecule has 5 rings (SSSR count). The summed E-state index contributed by atoms with van der Waals surface area (Å²) in [6, 6.07) is 4.04. The van der Waals surface area contributed by atoms with Crippen LogP contribution in [-0.2, 0) is 9.53 Å². The number of carbonyl (C=O) groups is 2. The van der Waals surface area contributed by atoms with Gasteiger partial charge in [0.25, 0.3) is 11.6 Å². The van der Waals surface area contributed by atoms with Gasteiger partial charge in [-0.1, -0.05) is 0 Å². The van der Waals surface area contributed by atoms with E-state index in [-0.39, 0.29) is 29.3 Å². The van der Waals surface area contributed by atoms with Crippen molar-refractivity contribution in [1.29, 1.82) is 0 Å². The largest absolute Gasteiger partial charge is 0.452 e. The average molecular weight is 372 g/mol. The summed E-state index contributed by atoms with van der Waals surface area (Å²) >= 11 is 0. The Morgan fingerprint density at radius 3 is 2.30 bits per heavy atom. The number of nitrogens with one attached hydrogen (secondary N) is 1. The molecule has 27 heavy (non-hydrogen) atoms. The minimum atomic E-state index is -0.645. The quantitative estimate of drug-likeness (QED) is 0.486. The first-order valence-electron chi connectivity index (χ1n) is 9.57. The molecule has 4 aliphatic carbocycles. The summed E-state index contributed by atoms with van der Waals surface area (Å²) in [6.07, 6.45) is 7.01. The highest BCUT2D eigenvalue weighted by Gasteiger charge is 2.51. The van der Waals surface area contributed by atoms with Crippen LogP contribution in [-0.4, -0.2) is 28.9 Å². The normalized spacial score (nSPS) is 30.8. The summed E-state index contributed by atoms with van der Waals surface area (Å²) in [5.74, 6) is 1.27. The first kappa shape index (κ1) is 17.9. The Labute approximate surface area is 157 Å². The van der Waals surface area contributed by atoms with E-state index in [1.807, 2.05) is 0 Å². The number of rotatable bonds is 5. The van der Waals surface area contributed by atoms with Crippen molar-refractivity contribution < 1.29 is 19.2 Å². The van der Waals surface area contributed by atoms with E-state index >= 15 is 0 Å². The van der Waals surface area contributed by atoms with Crippen LogP contribution in [0.25, 0.3) is 0 Å². The van der Waals surface area contributed by atoms with Crippen molar-refractivity contribution in [3.63, 3.8) is 0 Å². The highest BCUT2D eigenvalue weighted by atomic mass is 16.6. The van der Waals surface area contributed by atoms with Crippen molar-refractivity contribution in [2.75, 3.05) is 6.61 Å². The lowest BCUT2D eigenvalue weighted by molar-refractivity contribution is -0.385. The molecule has 0 unspecified atom stereocenters. The molecule has 1 amide bonds. The fraction of sp³-hybridized carbons (Fsp3) is 0.600. The van der Waals surface area contributed by atoms with Gasteiger partial charge >= 0.3 is 5.97 Å². The lowest BCUT2D eigenvalue weighted by Crippen LogP contribution is -2.60. The summed E-state index contributed by atoms with van der Waals surface area (Å²) in [5.41, 5.74) is 0.432. The van der Waals surface area contributed by atoms with Crippen LogP contribution >= 0.6 is 0 Å². The number of nitro groups is 1. The molecule has 0 saturated heterocycles. The van der Waals surface area contributed by atoms with E-state index in [1.54, 1.807) is 6.92 Å². The number of aryl methyl sites for hydroxylation is 1. The van der Waals surface area contributed by atoms with Crippen molar-refractivity contribution in [3.8, 4) is 0 Å². The van der Waals surface area contributed by atoms with Crippen molar-refractivity contribution in [2.45, 2.75) is 51.0 Å². The van der Waals surface area contributed by atoms with Gasteiger partial charge in [0.15, 0.2) is 6.61 Å². The molecule has 7 heteroatoms. The predicted octanol–water partition coefficient (Wildman–Crippen LogP) is 3.15. The molecule has 0 aromatic heterocycles. The third-order valence-electron chi connectivity index (χ3n) is 6.41. The van der Waals surface area contributed by atoms with E-state index in [2.05, 4.69) is 5.32 Å². The van der Waals surface area contributed by atoms with Crippen molar-refractivity contribution in [3.05, 3.63) is 39.4 Å². The van der Waals surface area contributed by atoms with Crippen LogP contribution < -0.4 is 5.32 Å². The highest BCUT2D eigenvalue weighted by molar-refractivity contribution is 5.92. The van der Waals surface area contributed by atoms with Gasteiger partial charge in [0.1, 0.15) is 0 Å². The van der Waals surface area contributed by atoms with Gasteiger partial charge in [0, 0.05) is 17.2 Å². The number of ether oxygens (including phenoxy) is 1. The van der Waals surface area contributed by atoms with Gasteiger partial charge in [0.2, 0.25) is 0 Å². The van der Waals surface area contributed by atoms with Crippen molar-refractivity contribution in [2.24, 2.45) is 17.8 Å². The molecule has 0 atom stereocenters. The summed E-state index contributed by atoms with van der Waals surface area (Å²) in [6.45, 7) is 1.24. The molecule has 4 bridgehead atoms. The Balaban J connectivity index is 1.34. The molecule has 1 N–H and O–H groups in total. The fourth-order valence-electron chi connectivity index (χ4n) is 5.80. The number of carbonyl (C=O) groups excluding carboxylic acids is 2. The van der Waals surface area contributed by atoms with E-state index in [1.165, 1.54) is 37.5 Å². The lowest BCUT2D eigenvalue weighted by atomic mass is 9.53. The molecule has 4 saturated carbocycles. The van der Waals surface area contributed by atoms with Crippen LogP contribution in [0.15, 0.2) is 18.2 Å². The molecule has 0 spiro atoms. The molecule has 4 fully saturated rings. The summed E-state index contributed by atoms with van der Waals surface area (Å²) < 4.78 is 5.14. The number of hydrogen-bond donors (Lipinski definition) is 1. The van der Waals surface area contributed by atoms with Crippen LogP contribution in [0.5, 0.6) is 0 Å². The van der Waals surface area contributed by atoms with Crippen LogP contribution in [0.3, 0.4) is 0 Å². The minimum absolute atomic E-state index is 0.0499. The van der Waals surface area contributed by atoms with E-state index in [4.69, 9.17) is 4.74 Å². The third-order valence-corrected chi connectivity index (χ3v) is 6.41. The van der Waals surface area contributed by atoms with Crippen molar-refractivity contribution >= 4 is 17.6 Å². The van der Waals surface area contributed by atoms with Crippen LogP contribution in [0.4, 0.5) is 5.69 Å². The van der Waals surface area contributed by atoms with Gasteiger partial charge in [-0.2, -0.15) is 0 Å². The van der Waals surface area contributed by atoms with Gasteiger partial charge in [-0.3, -0.25) is 14.9 Å². The molecule has 1 aromatic rings. The zero-order valence-corrected chi connectivity index (χ0v) is 15.4. The zero-order valence-electron chi connectivity index (χ0n) is 15.4. The molecule has 0 radical (unpaired) electrons. The smallest absolute Gasteiger partial charge is 0.338 e. The second-order valence-electron chi connectivity index (χ2n) is 8.58. The monoisotopic (exact) mass is 372 g/mol. The zero-order chi connectivity index (χ0) is 19.2. The van der Waals surface area contributed by atoms with Gasteiger partial charge in [0.05, 0.1) is 10.5 Å². The Kier molecular flexibility index (Phi) is 4.40. The number of amides is 1.